The normalized spacial score (nSPS) is 11.4. The molecule has 1 atom stereocenters. The Morgan fingerprint density at radius 3 is 2.50 bits per heavy atom. The number of carbonyl (C=O) groups excluding carboxylic acids is 1. The zero-order valence-corrected chi connectivity index (χ0v) is 12.7. The minimum atomic E-state index is -0.0429. The minimum absolute atomic E-state index is 0. The Hall–Kier alpha value is -0.822. The maximum Gasteiger partial charge on any atom is 0.253 e. The van der Waals surface area contributed by atoms with E-state index in [1.165, 1.54) is 0 Å². The van der Waals surface area contributed by atoms with Crippen molar-refractivity contribution in [3.63, 3.8) is 0 Å². The van der Waals surface area contributed by atoms with Crippen molar-refractivity contribution in [2.24, 2.45) is 0 Å². The molecule has 1 aromatic carbocycles. The number of hydrogen-bond donors (Lipinski definition) is 1. The monoisotopic (exact) mass is 389 g/mol. The average molecular weight is 389 g/mol. The van der Waals surface area contributed by atoms with E-state index in [4.69, 9.17) is 5.73 Å². The molecule has 16 heavy (non-hydrogen) atoms. The van der Waals surface area contributed by atoms with Crippen molar-refractivity contribution in [3.8, 4) is 0 Å². The molecule has 1 rings (SSSR count). The molecule has 0 radical (unpaired) electrons. The molecular formula is C12H17N2OW-. The van der Waals surface area contributed by atoms with Crippen LogP contribution < -0.4 is 5.73 Å². The van der Waals surface area contributed by atoms with Crippen molar-refractivity contribution in [3.05, 3.63) is 36.2 Å². The summed E-state index contributed by atoms with van der Waals surface area (Å²) in [4.78, 5) is 13.7. The number of para-hydroxylation sites is 1. The van der Waals surface area contributed by atoms with E-state index in [0.29, 0.717) is 11.3 Å². The topological polar surface area (TPSA) is 46.3 Å². The van der Waals surface area contributed by atoms with Crippen LogP contribution in [-0.2, 0) is 21.1 Å². The summed E-state index contributed by atoms with van der Waals surface area (Å²) in [7, 11) is 1.78. The molecule has 88 valence electrons. The summed E-state index contributed by atoms with van der Waals surface area (Å²) in [6, 6.07) is 7.23. The summed E-state index contributed by atoms with van der Waals surface area (Å²) in [6.07, 6.45) is 1.97. The number of amides is 1. The number of nitrogens with zero attached hydrogens (tertiary/aromatic N) is 1. The number of rotatable bonds is 3. The second kappa shape index (κ2) is 6.69. The van der Waals surface area contributed by atoms with Gasteiger partial charge in [0.15, 0.2) is 0 Å². The smallest absolute Gasteiger partial charge is 0.253 e. The molecular weight excluding hydrogens is 372 g/mol. The van der Waals surface area contributed by atoms with Gasteiger partial charge in [0.2, 0.25) is 0 Å². The molecule has 4 heteroatoms. The predicted octanol–water partition coefficient (Wildman–Crippen LogP) is 1.95. The van der Waals surface area contributed by atoms with Crippen molar-refractivity contribution < 1.29 is 25.9 Å². The summed E-state index contributed by atoms with van der Waals surface area (Å²) >= 11 is 0. The van der Waals surface area contributed by atoms with Gasteiger partial charge in [0.05, 0.1) is 5.56 Å². The SMILES string of the molecule is C[CH-]C(C)N(C)C(=O)c1ccccc1N.[W]. The van der Waals surface area contributed by atoms with Crippen LogP contribution in [0.4, 0.5) is 5.69 Å². The Morgan fingerprint density at radius 1 is 1.44 bits per heavy atom. The standard InChI is InChI=1S/C12H17N2O.W/c1-4-9(2)14(3)12(15)10-7-5-6-8-11(10)13;/h4-9H,13H2,1-3H3;/q-1;. The van der Waals surface area contributed by atoms with E-state index in [1.54, 1.807) is 24.1 Å². The van der Waals surface area contributed by atoms with Crippen molar-refractivity contribution in [2.45, 2.75) is 19.9 Å². The van der Waals surface area contributed by atoms with Crippen molar-refractivity contribution in [1.29, 1.82) is 0 Å². The van der Waals surface area contributed by atoms with Gasteiger partial charge in [0, 0.05) is 33.8 Å². The van der Waals surface area contributed by atoms with Gasteiger partial charge in [0.25, 0.3) is 5.91 Å². The van der Waals surface area contributed by atoms with Gasteiger partial charge in [-0.3, -0.25) is 4.79 Å². The van der Waals surface area contributed by atoms with Crippen LogP contribution in [0.2, 0.25) is 0 Å². The third kappa shape index (κ3) is 3.34. The fourth-order valence-corrected chi connectivity index (χ4v) is 1.29. The molecule has 3 nitrogen and oxygen atoms in total. The van der Waals surface area contributed by atoms with Crippen LogP contribution in [0.15, 0.2) is 24.3 Å². The van der Waals surface area contributed by atoms with E-state index < -0.39 is 0 Å². The van der Waals surface area contributed by atoms with Crippen LogP contribution in [-0.4, -0.2) is 23.9 Å². The number of benzene rings is 1. The summed E-state index contributed by atoms with van der Waals surface area (Å²) < 4.78 is 0. The molecule has 0 aliphatic rings. The summed E-state index contributed by atoms with van der Waals surface area (Å²) in [5.74, 6) is -0.0429. The fourth-order valence-electron chi connectivity index (χ4n) is 1.29. The second-order valence-corrected chi connectivity index (χ2v) is 3.58. The second-order valence-electron chi connectivity index (χ2n) is 3.58. The molecule has 0 saturated heterocycles. The van der Waals surface area contributed by atoms with Crippen LogP contribution in [0.1, 0.15) is 24.2 Å². The van der Waals surface area contributed by atoms with Crippen molar-refractivity contribution in [1.82, 2.24) is 4.90 Å². The third-order valence-corrected chi connectivity index (χ3v) is 2.60. The van der Waals surface area contributed by atoms with Crippen LogP contribution >= 0.6 is 0 Å². The van der Waals surface area contributed by atoms with Crippen LogP contribution in [0.3, 0.4) is 0 Å². The van der Waals surface area contributed by atoms with Crippen molar-refractivity contribution in [2.75, 3.05) is 12.8 Å². The van der Waals surface area contributed by atoms with Crippen molar-refractivity contribution >= 4 is 11.6 Å². The number of nitrogen functional groups attached to an aromatic ring is 1. The zero-order chi connectivity index (χ0) is 11.4. The Kier molecular flexibility index (Phi) is 6.35. The summed E-state index contributed by atoms with van der Waals surface area (Å²) in [6.45, 7) is 3.90. The Balaban J connectivity index is 0.00000225. The summed E-state index contributed by atoms with van der Waals surface area (Å²) in [5, 5.41) is 0. The first kappa shape index (κ1) is 15.2. The van der Waals surface area contributed by atoms with Crippen LogP contribution in [0.25, 0.3) is 0 Å². The zero-order valence-electron chi connectivity index (χ0n) is 9.81. The molecule has 0 spiro atoms. The van der Waals surface area contributed by atoms with Crippen LogP contribution in [0, 0.1) is 6.42 Å². The first-order valence-corrected chi connectivity index (χ1v) is 4.99. The van der Waals surface area contributed by atoms with Gasteiger partial charge in [-0.05, 0) is 12.1 Å². The molecule has 1 amide bonds. The molecule has 0 heterocycles. The average Bonchev–Trinajstić information content (AvgIpc) is 2.26. The number of anilines is 1. The van der Waals surface area contributed by atoms with E-state index in [2.05, 4.69) is 0 Å². The van der Waals surface area contributed by atoms with Gasteiger partial charge in [-0.25, -0.2) is 0 Å². The van der Waals surface area contributed by atoms with Gasteiger partial charge < -0.3 is 17.1 Å². The Bertz CT molecular complexity index is 355. The molecule has 2 N–H and O–H groups in total. The number of carbonyl (C=O) groups is 1. The van der Waals surface area contributed by atoms with E-state index in [1.807, 2.05) is 32.4 Å². The molecule has 0 aliphatic carbocycles. The Morgan fingerprint density at radius 2 is 2.00 bits per heavy atom. The van der Waals surface area contributed by atoms with E-state index >= 15 is 0 Å². The molecule has 0 fully saturated rings. The van der Waals surface area contributed by atoms with E-state index in [0.717, 1.165) is 0 Å². The van der Waals surface area contributed by atoms with Gasteiger partial charge >= 0.3 is 0 Å². The summed E-state index contributed by atoms with van der Waals surface area (Å²) in [5.41, 5.74) is 6.83. The number of hydrogen-bond acceptors (Lipinski definition) is 2. The van der Waals surface area contributed by atoms with Gasteiger partial charge in [0.1, 0.15) is 0 Å². The largest absolute Gasteiger partial charge is 0.398 e. The maximum atomic E-state index is 12.0. The fraction of sp³-hybridized carbons (Fsp3) is 0.333. The predicted molar refractivity (Wildman–Crippen MR) is 62.4 cm³/mol. The van der Waals surface area contributed by atoms with Crippen LogP contribution in [0.5, 0.6) is 0 Å². The first-order valence-electron chi connectivity index (χ1n) is 4.99. The molecule has 0 aliphatic heterocycles. The molecule has 1 unspecified atom stereocenters. The quantitative estimate of drug-likeness (QED) is 0.635. The van der Waals surface area contributed by atoms with E-state index in [9.17, 15) is 4.79 Å². The molecule has 0 bridgehead atoms. The van der Waals surface area contributed by atoms with Gasteiger partial charge in [-0.2, -0.15) is 6.92 Å². The number of nitrogens with two attached hydrogens (primary N) is 1. The van der Waals surface area contributed by atoms with Gasteiger partial charge in [-0.1, -0.05) is 25.1 Å². The molecule has 1 aromatic rings. The molecule has 0 aromatic heterocycles. The maximum absolute atomic E-state index is 12.0. The molecule has 0 saturated carbocycles. The first-order chi connectivity index (χ1) is 7.07. The third-order valence-electron chi connectivity index (χ3n) is 2.60. The van der Waals surface area contributed by atoms with E-state index in [-0.39, 0.29) is 33.0 Å². The Labute approximate surface area is 111 Å². The van der Waals surface area contributed by atoms with Gasteiger partial charge in [-0.15, -0.1) is 0 Å². The minimum Gasteiger partial charge on any atom is -0.398 e.